The third kappa shape index (κ3) is 3.35. The molecule has 1 nitrogen and oxygen atoms in total. The van der Waals surface area contributed by atoms with Crippen molar-refractivity contribution in [3.63, 3.8) is 0 Å². The Kier molecular flexibility index (Phi) is 4.11. The van der Waals surface area contributed by atoms with Gasteiger partial charge in [-0.2, -0.15) is 0 Å². The number of alkyl halides is 3. The molecule has 2 rings (SSSR count). The maximum absolute atomic E-state index is 13.8. The Bertz CT molecular complexity index is 641. The third-order valence-electron chi connectivity index (χ3n) is 2.41. The number of hydrogen-bond donors (Lipinski definition) is 0. The second-order valence-electron chi connectivity index (χ2n) is 3.79. The Morgan fingerprint density at radius 3 is 2.30 bits per heavy atom. The van der Waals surface area contributed by atoms with Crippen LogP contribution in [0.15, 0.2) is 36.4 Å². The first-order valence-electron chi connectivity index (χ1n) is 5.27. The summed E-state index contributed by atoms with van der Waals surface area (Å²) in [6, 6.07) is 7.12. The molecule has 0 amide bonds. The molecule has 0 spiro atoms. The van der Waals surface area contributed by atoms with Gasteiger partial charge in [-0.25, -0.2) is 4.39 Å². The fraction of sp³-hybridized carbons (Fsp3) is 0.0769. The summed E-state index contributed by atoms with van der Waals surface area (Å²) < 4.78 is 54.0. The SMILES string of the molecule is Fc1ccc(OC(F)(F)F)cc1-c1cccc(Cl)c1Cl. The Labute approximate surface area is 121 Å². The van der Waals surface area contributed by atoms with Crippen molar-refractivity contribution in [3.8, 4) is 16.9 Å². The van der Waals surface area contributed by atoms with Gasteiger partial charge in [-0.3, -0.25) is 0 Å². The Morgan fingerprint density at radius 1 is 0.950 bits per heavy atom. The van der Waals surface area contributed by atoms with E-state index in [1.165, 1.54) is 18.2 Å². The van der Waals surface area contributed by atoms with Gasteiger partial charge in [0.25, 0.3) is 0 Å². The normalized spacial score (nSPS) is 11.5. The minimum Gasteiger partial charge on any atom is -0.406 e. The average molecular weight is 325 g/mol. The second kappa shape index (κ2) is 5.50. The molecule has 0 aliphatic heterocycles. The Balaban J connectivity index is 2.51. The van der Waals surface area contributed by atoms with Crippen LogP contribution in [0.2, 0.25) is 10.0 Å². The van der Waals surface area contributed by atoms with E-state index in [4.69, 9.17) is 23.2 Å². The van der Waals surface area contributed by atoms with Crippen molar-refractivity contribution in [2.24, 2.45) is 0 Å². The van der Waals surface area contributed by atoms with Crippen molar-refractivity contribution in [3.05, 3.63) is 52.3 Å². The highest BCUT2D eigenvalue weighted by atomic mass is 35.5. The van der Waals surface area contributed by atoms with Gasteiger partial charge in [0.15, 0.2) is 0 Å². The molecule has 106 valence electrons. The van der Waals surface area contributed by atoms with Crippen LogP contribution in [-0.4, -0.2) is 6.36 Å². The van der Waals surface area contributed by atoms with Crippen molar-refractivity contribution >= 4 is 23.2 Å². The smallest absolute Gasteiger partial charge is 0.406 e. The zero-order chi connectivity index (χ0) is 14.9. The molecule has 0 unspecified atom stereocenters. The van der Waals surface area contributed by atoms with Crippen molar-refractivity contribution < 1.29 is 22.3 Å². The van der Waals surface area contributed by atoms with Gasteiger partial charge in [-0.05, 0) is 24.3 Å². The maximum Gasteiger partial charge on any atom is 0.573 e. The van der Waals surface area contributed by atoms with E-state index in [2.05, 4.69) is 4.74 Å². The fourth-order valence-corrected chi connectivity index (χ4v) is 2.02. The van der Waals surface area contributed by atoms with E-state index in [1.54, 1.807) is 0 Å². The minimum atomic E-state index is -4.85. The van der Waals surface area contributed by atoms with Gasteiger partial charge < -0.3 is 4.74 Å². The Hall–Kier alpha value is -1.46. The summed E-state index contributed by atoms with van der Waals surface area (Å²) in [6.45, 7) is 0. The summed E-state index contributed by atoms with van der Waals surface area (Å²) in [5, 5.41) is 0.225. The van der Waals surface area contributed by atoms with Gasteiger partial charge >= 0.3 is 6.36 Å². The molecule has 2 aromatic rings. The van der Waals surface area contributed by atoms with E-state index in [0.29, 0.717) is 0 Å². The average Bonchev–Trinajstić information content (AvgIpc) is 2.34. The van der Waals surface area contributed by atoms with Crippen LogP contribution in [-0.2, 0) is 0 Å². The molecule has 0 aromatic heterocycles. The van der Waals surface area contributed by atoms with E-state index in [0.717, 1.165) is 18.2 Å². The topological polar surface area (TPSA) is 9.23 Å². The first-order chi connectivity index (χ1) is 9.28. The lowest BCUT2D eigenvalue weighted by molar-refractivity contribution is -0.274. The van der Waals surface area contributed by atoms with Crippen molar-refractivity contribution in [2.75, 3.05) is 0 Å². The molecular weight excluding hydrogens is 319 g/mol. The second-order valence-corrected chi connectivity index (χ2v) is 4.58. The highest BCUT2D eigenvalue weighted by Crippen LogP contribution is 2.37. The zero-order valence-corrected chi connectivity index (χ0v) is 11.2. The zero-order valence-electron chi connectivity index (χ0n) is 9.64. The van der Waals surface area contributed by atoms with Crippen LogP contribution in [0.1, 0.15) is 0 Å². The number of benzene rings is 2. The van der Waals surface area contributed by atoms with Crippen LogP contribution in [0.25, 0.3) is 11.1 Å². The van der Waals surface area contributed by atoms with Crippen LogP contribution in [0.5, 0.6) is 5.75 Å². The van der Waals surface area contributed by atoms with Crippen molar-refractivity contribution in [1.29, 1.82) is 0 Å². The lowest BCUT2D eigenvalue weighted by Crippen LogP contribution is -2.17. The van der Waals surface area contributed by atoms with Crippen LogP contribution < -0.4 is 4.74 Å². The van der Waals surface area contributed by atoms with E-state index in [9.17, 15) is 17.6 Å². The summed E-state index contributed by atoms with van der Waals surface area (Å²) in [6.07, 6.45) is -4.85. The van der Waals surface area contributed by atoms with Gasteiger partial charge in [0.1, 0.15) is 11.6 Å². The van der Waals surface area contributed by atoms with E-state index < -0.39 is 17.9 Å². The number of halogens is 6. The van der Waals surface area contributed by atoms with E-state index in [-0.39, 0.29) is 21.2 Å². The monoisotopic (exact) mass is 324 g/mol. The molecule has 0 saturated carbocycles. The number of ether oxygens (including phenoxy) is 1. The molecule has 0 saturated heterocycles. The first kappa shape index (κ1) is 14.9. The molecule has 0 radical (unpaired) electrons. The third-order valence-corrected chi connectivity index (χ3v) is 3.23. The first-order valence-corrected chi connectivity index (χ1v) is 6.03. The quantitative estimate of drug-likeness (QED) is 0.644. The predicted octanol–water partition coefficient (Wildman–Crippen LogP) is 5.70. The van der Waals surface area contributed by atoms with E-state index in [1.807, 2.05) is 0 Å². The molecule has 0 aliphatic rings. The lowest BCUT2D eigenvalue weighted by atomic mass is 10.0. The van der Waals surface area contributed by atoms with E-state index >= 15 is 0 Å². The van der Waals surface area contributed by atoms with Crippen molar-refractivity contribution in [2.45, 2.75) is 6.36 Å². The van der Waals surface area contributed by atoms with Gasteiger partial charge in [0.2, 0.25) is 0 Å². The summed E-state index contributed by atoms with van der Waals surface area (Å²) >= 11 is 11.7. The van der Waals surface area contributed by atoms with Crippen LogP contribution in [0, 0.1) is 5.82 Å². The molecule has 0 N–H and O–H groups in total. The molecule has 20 heavy (non-hydrogen) atoms. The molecule has 0 heterocycles. The highest BCUT2D eigenvalue weighted by Gasteiger charge is 2.31. The van der Waals surface area contributed by atoms with Crippen LogP contribution in [0.3, 0.4) is 0 Å². The van der Waals surface area contributed by atoms with Gasteiger partial charge in [0, 0.05) is 11.1 Å². The van der Waals surface area contributed by atoms with Gasteiger partial charge in [-0.15, -0.1) is 13.2 Å². The summed E-state index contributed by atoms with van der Waals surface area (Å²) in [7, 11) is 0. The van der Waals surface area contributed by atoms with Gasteiger partial charge in [-0.1, -0.05) is 35.3 Å². The van der Waals surface area contributed by atoms with Gasteiger partial charge in [0.05, 0.1) is 10.0 Å². The lowest BCUT2D eigenvalue weighted by Gasteiger charge is -2.12. The fourth-order valence-electron chi connectivity index (χ4n) is 1.62. The van der Waals surface area contributed by atoms with Crippen LogP contribution in [0.4, 0.5) is 17.6 Å². The largest absolute Gasteiger partial charge is 0.573 e. The number of hydrogen-bond acceptors (Lipinski definition) is 1. The summed E-state index contributed by atoms with van der Waals surface area (Å²) in [5.41, 5.74) is 0.0588. The molecule has 0 bridgehead atoms. The molecule has 0 atom stereocenters. The Morgan fingerprint density at radius 2 is 1.65 bits per heavy atom. The van der Waals surface area contributed by atoms with Crippen LogP contribution >= 0.6 is 23.2 Å². The molecule has 0 fully saturated rings. The molecule has 2 aromatic carbocycles. The predicted molar refractivity (Wildman–Crippen MR) is 68.5 cm³/mol. The standard InChI is InChI=1S/C13H6Cl2F4O/c14-10-3-1-2-8(12(10)15)9-6-7(4-5-11(9)16)20-13(17,18)19/h1-6H. The molecule has 0 aliphatic carbocycles. The van der Waals surface area contributed by atoms with Crippen molar-refractivity contribution in [1.82, 2.24) is 0 Å². The summed E-state index contributed by atoms with van der Waals surface area (Å²) in [5.74, 6) is -1.27. The maximum atomic E-state index is 13.8. The molecular formula is C13H6Cl2F4O. The molecule has 7 heteroatoms. The number of rotatable bonds is 2. The minimum absolute atomic E-state index is 0.0530. The summed E-state index contributed by atoms with van der Waals surface area (Å²) in [4.78, 5) is 0. The highest BCUT2D eigenvalue weighted by molar-refractivity contribution is 6.43.